The number of halogens is 2. The number of nitrogens with zero attached hydrogens (tertiary/aromatic N) is 2. The summed E-state index contributed by atoms with van der Waals surface area (Å²) in [6.45, 7) is 5.77. The lowest BCUT2D eigenvalue weighted by atomic mass is 9.87. The number of fused-ring (bicyclic) bond motifs is 2. The number of anilines is 2. The lowest BCUT2D eigenvalue weighted by Gasteiger charge is -2.36. The number of nitrogens with two attached hydrogens (primary N) is 1. The number of amides is 4. The van der Waals surface area contributed by atoms with Crippen LogP contribution in [-0.2, 0) is 54.7 Å². The minimum absolute atomic E-state index is 0.0136. The molecule has 10 rings (SSSR count). The maximum absolute atomic E-state index is 14.0. The molecule has 4 atom stereocenters. The summed E-state index contributed by atoms with van der Waals surface area (Å²) in [5.41, 5.74) is 14.1. The topological polar surface area (TPSA) is 237 Å². The highest BCUT2D eigenvalue weighted by atomic mass is 35.5. The van der Waals surface area contributed by atoms with Gasteiger partial charge in [0.2, 0.25) is 23.6 Å². The highest BCUT2D eigenvalue weighted by molar-refractivity contribution is 6.31. The Morgan fingerprint density at radius 1 is 0.529 bits per heavy atom. The fourth-order valence-corrected chi connectivity index (χ4v) is 10.8. The van der Waals surface area contributed by atoms with Crippen LogP contribution in [0, 0.1) is 19.8 Å². The van der Waals surface area contributed by atoms with E-state index in [9.17, 15) is 43.5 Å². The van der Waals surface area contributed by atoms with Crippen molar-refractivity contribution in [1.29, 1.82) is 0 Å². The van der Waals surface area contributed by atoms with Gasteiger partial charge in [-0.05, 0) is 135 Å². The molecule has 0 saturated heterocycles. The highest BCUT2D eigenvalue weighted by Gasteiger charge is 2.38. The largest absolute Gasteiger partial charge is 0.480 e. The fraction of sp³-hybridized carbons (Fsp3) is 0.362. The number of ketones is 3. The van der Waals surface area contributed by atoms with Gasteiger partial charge in [-0.3, -0.25) is 33.6 Å². The van der Waals surface area contributed by atoms with Crippen LogP contribution in [0.2, 0.25) is 10.0 Å². The summed E-state index contributed by atoms with van der Waals surface area (Å²) in [5.74, 6) is -2.85. The number of hydrogen-bond donors (Lipinski definition) is 6. The summed E-state index contributed by atoms with van der Waals surface area (Å²) in [6, 6.07) is 42.9. The second kappa shape index (κ2) is 31.7. The van der Waals surface area contributed by atoms with E-state index in [0.29, 0.717) is 77.7 Å². The zero-order chi connectivity index (χ0) is 62.0. The molecule has 2 saturated carbocycles. The number of aliphatic carboxylic acids is 1. The Hall–Kier alpha value is -7.86. The maximum Gasteiger partial charge on any atom is 0.326 e. The molecule has 2 aliphatic carbocycles. The van der Waals surface area contributed by atoms with Crippen LogP contribution in [0.1, 0.15) is 125 Å². The summed E-state index contributed by atoms with van der Waals surface area (Å²) in [6.07, 6.45) is 6.77. The minimum Gasteiger partial charge on any atom is -0.480 e. The summed E-state index contributed by atoms with van der Waals surface area (Å²) in [5, 5.41) is 23.4. The van der Waals surface area contributed by atoms with Gasteiger partial charge in [-0.1, -0.05) is 132 Å². The van der Waals surface area contributed by atoms with Gasteiger partial charge in [-0.25, -0.2) is 4.79 Å². The number of carbonyl (C=O) groups excluding carboxylic acids is 7. The van der Waals surface area contributed by atoms with Crippen LogP contribution in [0.15, 0.2) is 146 Å². The van der Waals surface area contributed by atoms with Gasteiger partial charge in [0.1, 0.15) is 6.04 Å². The zero-order valence-corrected chi connectivity index (χ0v) is 50.8. The molecule has 16 nitrogen and oxygen atoms in total. The Bertz CT molecular complexity index is 3410. The van der Waals surface area contributed by atoms with E-state index in [2.05, 4.69) is 21.3 Å². The summed E-state index contributed by atoms with van der Waals surface area (Å²) < 4.78 is 0. The normalized spacial score (nSPS) is 16.4. The van der Waals surface area contributed by atoms with Crippen LogP contribution in [-0.4, -0.2) is 105 Å². The molecule has 6 aromatic carbocycles. The molecular formula is C69H77Cl2N7O9. The molecule has 0 radical (unpaired) electrons. The first-order valence-corrected chi connectivity index (χ1v) is 30.7. The average Bonchev–Trinajstić information content (AvgIpc) is 3.59. The summed E-state index contributed by atoms with van der Waals surface area (Å²) >= 11 is 12.1. The van der Waals surface area contributed by atoms with Gasteiger partial charge in [0.25, 0.3) is 0 Å². The van der Waals surface area contributed by atoms with Gasteiger partial charge in [-0.15, -0.1) is 0 Å². The molecule has 0 aromatic heterocycles. The number of benzene rings is 6. The summed E-state index contributed by atoms with van der Waals surface area (Å²) in [4.78, 5) is 105. The van der Waals surface area contributed by atoms with E-state index in [1.54, 1.807) is 77.7 Å². The van der Waals surface area contributed by atoms with Gasteiger partial charge in [0, 0.05) is 109 Å². The van der Waals surface area contributed by atoms with E-state index < -0.39 is 30.0 Å². The molecule has 87 heavy (non-hydrogen) atoms. The SMILES string of the molecule is Cc1cc(NC(=O)[C@@H](N)CCNC2CC2)ccc1Cl.Cc1cc(NC(=O)[C@H](CCNC2CC2)CC(=O)[C@@H]2Cc3ccccc3CN2C(=O)CCC(=O)c2ccccc2)ccc1Cl.O=C(CCC(=O)N1Cc2ccccc2C[C@H]1C(=O)O)c1ccccc1. The number of carbonyl (C=O) groups is 8. The molecule has 2 aliphatic heterocycles. The van der Waals surface area contributed by atoms with E-state index in [1.165, 1.54) is 17.7 Å². The molecule has 2 heterocycles. The van der Waals surface area contributed by atoms with E-state index in [1.807, 2.05) is 86.6 Å². The lowest BCUT2D eigenvalue weighted by molar-refractivity contribution is -0.151. The quantitative estimate of drug-likeness (QED) is 0.0311. The third-order valence-corrected chi connectivity index (χ3v) is 16.9. The molecular weight excluding hydrogens is 1140 g/mol. The predicted molar refractivity (Wildman–Crippen MR) is 339 cm³/mol. The van der Waals surface area contributed by atoms with Gasteiger partial charge >= 0.3 is 5.97 Å². The first-order valence-electron chi connectivity index (χ1n) is 29.9. The van der Waals surface area contributed by atoms with Crippen molar-refractivity contribution in [3.8, 4) is 0 Å². The minimum atomic E-state index is -1.02. The Kier molecular flexibility index (Phi) is 23.7. The smallest absolute Gasteiger partial charge is 0.326 e. The number of rotatable bonds is 24. The van der Waals surface area contributed by atoms with Crippen molar-refractivity contribution in [2.45, 2.75) is 141 Å². The van der Waals surface area contributed by atoms with Crippen molar-refractivity contribution >= 4 is 81.5 Å². The van der Waals surface area contributed by atoms with Gasteiger partial charge < -0.3 is 41.9 Å². The molecule has 4 amide bonds. The van der Waals surface area contributed by atoms with Crippen molar-refractivity contribution in [1.82, 2.24) is 20.4 Å². The fourth-order valence-electron chi connectivity index (χ4n) is 10.6. The van der Waals surface area contributed by atoms with Gasteiger partial charge in [0.15, 0.2) is 17.3 Å². The third kappa shape index (κ3) is 19.6. The van der Waals surface area contributed by atoms with E-state index in [-0.39, 0.29) is 79.6 Å². The second-order valence-electron chi connectivity index (χ2n) is 22.9. The maximum atomic E-state index is 14.0. The van der Waals surface area contributed by atoms with Crippen molar-refractivity contribution in [3.63, 3.8) is 0 Å². The number of carboxylic acid groups (broad SMARTS) is 1. The predicted octanol–water partition coefficient (Wildman–Crippen LogP) is 10.7. The third-order valence-electron chi connectivity index (χ3n) is 16.1. The summed E-state index contributed by atoms with van der Waals surface area (Å²) in [7, 11) is 0. The van der Waals surface area contributed by atoms with E-state index in [0.717, 1.165) is 58.5 Å². The number of nitrogens with one attached hydrogen (secondary N) is 4. The van der Waals surface area contributed by atoms with Crippen LogP contribution in [0.25, 0.3) is 0 Å². The van der Waals surface area contributed by atoms with Crippen LogP contribution >= 0.6 is 23.2 Å². The van der Waals surface area contributed by atoms with Crippen molar-refractivity contribution in [2.75, 3.05) is 23.7 Å². The molecule has 0 spiro atoms. The molecule has 7 N–H and O–H groups in total. The molecule has 456 valence electrons. The number of hydrogen-bond acceptors (Lipinski definition) is 11. The molecule has 0 unspecified atom stereocenters. The molecule has 4 aliphatic rings. The van der Waals surface area contributed by atoms with Crippen LogP contribution < -0.4 is 27.0 Å². The number of carboxylic acids is 1. The van der Waals surface area contributed by atoms with E-state index >= 15 is 0 Å². The van der Waals surface area contributed by atoms with Crippen molar-refractivity contribution in [2.24, 2.45) is 11.7 Å². The first-order chi connectivity index (χ1) is 41.9. The van der Waals surface area contributed by atoms with Crippen molar-refractivity contribution < 1.29 is 43.5 Å². The average molecular weight is 1220 g/mol. The molecule has 2 fully saturated rings. The Morgan fingerprint density at radius 3 is 1.39 bits per heavy atom. The Labute approximate surface area is 519 Å². The standard InChI is InChI=1S/C35H38ClN3O4.C20H19NO4.C14H20ClN3O/c1-23-19-29(13-14-30(23)36)38-35(43)26(17-18-37-28-11-12-28)21-33(41)31-20-25-9-5-6-10-27(25)22-39(31)34(42)16-15-32(40)24-7-3-2-4-8-24;22-18(14-6-2-1-3-7-14)10-11-19(23)21-13-16-9-5-4-8-15(16)12-17(21)20(24)25;1-9-8-11(4-5-12(9)15)18-14(19)13(16)6-7-17-10-2-3-10/h2-10,13-14,19,26,28,31,37H,11-12,15-18,20-22H2,1H3,(H,38,43);1-9,17H,10-13H2,(H,24,25);4-5,8,10,13,17H,2-3,6-7,16H2,1H3,(H,18,19)/t26-,31+;17-;13-/m100/s1. The second-order valence-corrected chi connectivity index (χ2v) is 23.7. The van der Waals surface area contributed by atoms with Gasteiger partial charge in [0.05, 0.1) is 12.1 Å². The monoisotopic (exact) mass is 1220 g/mol. The Balaban J connectivity index is 0.000000188. The zero-order valence-electron chi connectivity index (χ0n) is 49.3. The lowest BCUT2D eigenvalue weighted by Crippen LogP contribution is -2.49. The number of Topliss-reactive ketones (excluding diaryl/α,β-unsaturated/α-hetero) is 3. The highest BCUT2D eigenvalue weighted by Crippen LogP contribution is 2.30. The Morgan fingerprint density at radius 2 is 0.943 bits per heavy atom. The molecule has 6 aromatic rings. The number of aryl methyl sites for hydroxylation is 2. The first kappa shape index (κ1) is 65.1. The van der Waals surface area contributed by atoms with E-state index in [4.69, 9.17) is 28.9 Å². The van der Waals surface area contributed by atoms with Crippen LogP contribution in [0.5, 0.6) is 0 Å². The molecule has 0 bridgehead atoms. The van der Waals surface area contributed by atoms with Crippen LogP contribution in [0.3, 0.4) is 0 Å². The molecule has 18 heteroatoms. The van der Waals surface area contributed by atoms with Crippen molar-refractivity contribution in [3.05, 3.63) is 200 Å². The van der Waals surface area contributed by atoms with Gasteiger partial charge in [-0.2, -0.15) is 0 Å². The van der Waals surface area contributed by atoms with Crippen LogP contribution in [0.4, 0.5) is 11.4 Å².